The van der Waals surface area contributed by atoms with Gasteiger partial charge >= 0.3 is 0 Å². The summed E-state index contributed by atoms with van der Waals surface area (Å²) in [5, 5.41) is 13.0. The maximum Gasteiger partial charge on any atom is 0.277 e. The van der Waals surface area contributed by atoms with Crippen LogP contribution in [0.25, 0.3) is 0 Å². The van der Waals surface area contributed by atoms with Gasteiger partial charge in [-0.25, -0.2) is 5.43 Å². The quantitative estimate of drug-likeness (QED) is 0.644. The van der Waals surface area contributed by atoms with Gasteiger partial charge in [0, 0.05) is 0 Å². The second kappa shape index (κ2) is 6.94. The molecule has 2 rings (SSSR count). The molecule has 0 atom stereocenters. The minimum atomic E-state index is -0.356. The number of carbonyl (C=O) groups excluding carboxylic acids is 1. The summed E-state index contributed by atoms with van der Waals surface area (Å²) in [5.74, 6) is 0.414. The number of aromatic hydroxyl groups is 1. The van der Waals surface area contributed by atoms with Crippen LogP contribution in [0.5, 0.6) is 11.5 Å². The Kier molecular flexibility index (Phi) is 4.72. The normalized spacial score (nSPS) is 10.4. The molecule has 1 amide bonds. The molecule has 0 aliphatic carbocycles. The van der Waals surface area contributed by atoms with Crippen LogP contribution in [0.2, 0.25) is 0 Å². The van der Waals surface area contributed by atoms with Crippen molar-refractivity contribution in [2.75, 3.05) is 6.61 Å². The maximum absolute atomic E-state index is 11.5. The molecule has 0 fully saturated rings. The van der Waals surface area contributed by atoms with Gasteiger partial charge in [-0.15, -0.1) is 0 Å². The smallest absolute Gasteiger partial charge is 0.277 e. The number of phenols is 1. The van der Waals surface area contributed by atoms with Gasteiger partial charge in [-0.3, -0.25) is 4.79 Å². The van der Waals surface area contributed by atoms with E-state index in [0.717, 1.165) is 0 Å². The van der Waals surface area contributed by atoms with Crippen LogP contribution >= 0.6 is 0 Å². The fourth-order valence-electron chi connectivity index (χ4n) is 1.48. The first kappa shape index (κ1) is 13.6. The number of carbonyl (C=O) groups is 1. The van der Waals surface area contributed by atoms with Crippen LogP contribution in [-0.4, -0.2) is 23.8 Å². The van der Waals surface area contributed by atoms with Gasteiger partial charge in [0.2, 0.25) is 0 Å². The second-order valence-corrected chi connectivity index (χ2v) is 3.99. The first-order valence-corrected chi connectivity index (χ1v) is 6.03. The standard InChI is InChI=1S/C15H14N2O3/c18-13-6-4-5-12(9-13)10-16-17-15(19)11-20-14-7-2-1-3-8-14/h1-10,18H,11H2,(H,17,19)/b16-10+. The van der Waals surface area contributed by atoms with Crippen molar-refractivity contribution in [3.05, 3.63) is 60.2 Å². The maximum atomic E-state index is 11.5. The van der Waals surface area contributed by atoms with Gasteiger partial charge in [-0.2, -0.15) is 5.10 Å². The highest BCUT2D eigenvalue weighted by Crippen LogP contribution is 2.09. The van der Waals surface area contributed by atoms with Gasteiger partial charge in [-0.05, 0) is 29.8 Å². The number of benzene rings is 2. The lowest BCUT2D eigenvalue weighted by Gasteiger charge is -2.04. The number of ether oxygens (including phenoxy) is 1. The topological polar surface area (TPSA) is 70.9 Å². The van der Waals surface area contributed by atoms with Gasteiger partial charge < -0.3 is 9.84 Å². The molecule has 5 nitrogen and oxygen atoms in total. The van der Waals surface area contributed by atoms with Crippen molar-refractivity contribution in [3.8, 4) is 11.5 Å². The van der Waals surface area contributed by atoms with E-state index in [4.69, 9.17) is 4.74 Å². The van der Waals surface area contributed by atoms with Crippen LogP contribution in [0.3, 0.4) is 0 Å². The summed E-state index contributed by atoms with van der Waals surface area (Å²) < 4.78 is 5.26. The Balaban J connectivity index is 1.78. The lowest BCUT2D eigenvalue weighted by molar-refractivity contribution is -0.123. The molecule has 5 heteroatoms. The average molecular weight is 270 g/mol. The molecule has 0 aliphatic rings. The summed E-state index contributed by atoms with van der Waals surface area (Å²) in [6.07, 6.45) is 1.44. The van der Waals surface area contributed by atoms with Crippen LogP contribution < -0.4 is 10.2 Å². The summed E-state index contributed by atoms with van der Waals surface area (Å²) in [4.78, 5) is 11.5. The van der Waals surface area contributed by atoms with Crippen molar-refractivity contribution in [1.82, 2.24) is 5.43 Å². The molecular formula is C15H14N2O3. The Morgan fingerprint density at radius 3 is 2.75 bits per heavy atom. The Morgan fingerprint density at radius 2 is 2.00 bits per heavy atom. The van der Waals surface area contributed by atoms with Crippen LogP contribution in [0, 0.1) is 0 Å². The molecule has 0 radical (unpaired) electrons. The molecule has 0 saturated carbocycles. The Bertz CT molecular complexity index is 597. The summed E-state index contributed by atoms with van der Waals surface area (Å²) in [6, 6.07) is 15.6. The van der Waals surface area contributed by atoms with E-state index in [2.05, 4.69) is 10.5 Å². The van der Waals surface area contributed by atoms with E-state index in [-0.39, 0.29) is 18.3 Å². The van der Waals surface area contributed by atoms with Crippen molar-refractivity contribution in [2.24, 2.45) is 5.10 Å². The van der Waals surface area contributed by atoms with Crippen LogP contribution in [0.1, 0.15) is 5.56 Å². The third kappa shape index (κ3) is 4.45. The highest BCUT2D eigenvalue weighted by Gasteiger charge is 2.00. The molecule has 0 aliphatic heterocycles. The summed E-state index contributed by atoms with van der Waals surface area (Å²) in [6.45, 7) is -0.110. The molecular weight excluding hydrogens is 256 g/mol. The predicted molar refractivity (Wildman–Crippen MR) is 75.8 cm³/mol. The number of phenolic OH excluding ortho intramolecular Hbond substituents is 1. The van der Waals surface area contributed by atoms with Crippen molar-refractivity contribution in [3.63, 3.8) is 0 Å². The number of para-hydroxylation sites is 1. The van der Waals surface area contributed by atoms with E-state index in [1.165, 1.54) is 12.3 Å². The number of hydrogen-bond donors (Lipinski definition) is 2. The van der Waals surface area contributed by atoms with Gasteiger partial charge in [0.05, 0.1) is 6.21 Å². The molecule has 0 spiro atoms. The van der Waals surface area contributed by atoms with E-state index in [9.17, 15) is 9.90 Å². The zero-order valence-electron chi connectivity index (χ0n) is 10.7. The van der Waals surface area contributed by atoms with Crippen molar-refractivity contribution >= 4 is 12.1 Å². The van der Waals surface area contributed by atoms with E-state index < -0.39 is 0 Å². The average Bonchev–Trinajstić information content (AvgIpc) is 2.46. The van der Waals surface area contributed by atoms with E-state index in [0.29, 0.717) is 11.3 Å². The minimum Gasteiger partial charge on any atom is -0.508 e. The predicted octanol–water partition coefficient (Wildman–Crippen LogP) is 1.92. The highest BCUT2D eigenvalue weighted by atomic mass is 16.5. The summed E-state index contributed by atoms with van der Waals surface area (Å²) >= 11 is 0. The van der Waals surface area contributed by atoms with E-state index in [1.807, 2.05) is 18.2 Å². The molecule has 2 aromatic carbocycles. The van der Waals surface area contributed by atoms with Gasteiger partial charge in [-0.1, -0.05) is 30.3 Å². The zero-order chi connectivity index (χ0) is 14.2. The Morgan fingerprint density at radius 1 is 1.20 bits per heavy atom. The van der Waals surface area contributed by atoms with Crippen LogP contribution in [0.4, 0.5) is 0 Å². The first-order chi connectivity index (χ1) is 9.74. The third-order valence-electron chi connectivity index (χ3n) is 2.39. The van der Waals surface area contributed by atoms with E-state index in [1.54, 1.807) is 30.3 Å². The van der Waals surface area contributed by atoms with Crippen molar-refractivity contribution in [2.45, 2.75) is 0 Å². The lowest BCUT2D eigenvalue weighted by Crippen LogP contribution is -2.24. The number of nitrogens with one attached hydrogen (secondary N) is 1. The molecule has 0 bridgehead atoms. The molecule has 0 unspecified atom stereocenters. The lowest BCUT2D eigenvalue weighted by atomic mass is 10.2. The molecule has 2 aromatic rings. The van der Waals surface area contributed by atoms with E-state index >= 15 is 0 Å². The van der Waals surface area contributed by atoms with Gasteiger partial charge in [0.25, 0.3) is 5.91 Å². The number of hydrazone groups is 1. The molecule has 20 heavy (non-hydrogen) atoms. The minimum absolute atomic E-state index is 0.110. The molecule has 0 saturated heterocycles. The monoisotopic (exact) mass is 270 g/mol. The highest BCUT2D eigenvalue weighted by molar-refractivity contribution is 5.83. The molecule has 0 heterocycles. The number of nitrogens with zero attached hydrogens (tertiary/aromatic N) is 1. The zero-order valence-corrected chi connectivity index (χ0v) is 10.7. The van der Waals surface area contributed by atoms with Crippen LogP contribution in [0.15, 0.2) is 59.7 Å². The van der Waals surface area contributed by atoms with Gasteiger partial charge in [0.15, 0.2) is 6.61 Å². The molecule has 102 valence electrons. The summed E-state index contributed by atoms with van der Waals surface area (Å²) in [7, 11) is 0. The Labute approximate surface area is 116 Å². The Hall–Kier alpha value is -2.82. The molecule has 2 N–H and O–H groups in total. The molecule has 0 aromatic heterocycles. The fourth-order valence-corrected chi connectivity index (χ4v) is 1.48. The van der Waals surface area contributed by atoms with Gasteiger partial charge in [0.1, 0.15) is 11.5 Å². The van der Waals surface area contributed by atoms with Crippen molar-refractivity contribution < 1.29 is 14.6 Å². The SMILES string of the molecule is O=C(COc1ccccc1)N/N=C/c1cccc(O)c1. The van der Waals surface area contributed by atoms with Crippen molar-refractivity contribution in [1.29, 1.82) is 0 Å². The first-order valence-electron chi connectivity index (χ1n) is 6.03. The second-order valence-electron chi connectivity index (χ2n) is 3.99. The third-order valence-corrected chi connectivity index (χ3v) is 2.39. The van der Waals surface area contributed by atoms with Crippen LogP contribution in [-0.2, 0) is 4.79 Å². The number of hydrogen-bond acceptors (Lipinski definition) is 4. The fraction of sp³-hybridized carbons (Fsp3) is 0.0667. The number of amides is 1. The largest absolute Gasteiger partial charge is 0.508 e. The number of rotatable bonds is 5. The summed E-state index contributed by atoms with van der Waals surface area (Å²) in [5.41, 5.74) is 3.03.